The van der Waals surface area contributed by atoms with E-state index in [1.165, 1.54) is 0 Å². The van der Waals surface area contributed by atoms with E-state index in [1.807, 2.05) is 25.7 Å². The molecule has 174 valence electrons. The Morgan fingerprint density at radius 1 is 1.03 bits per heavy atom. The van der Waals surface area contributed by atoms with Gasteiger partial charge in [-0.2, -0.15) is 0 Å². The molecule has 0 unspecified atom stereocenters. The molecule has 10 heteroatoms. The Balaban J connectivity index is 1.50. The van der Waals surface area contributed by atoms with Gasteiger partial charge in [0.15, 0.2) is 15.6 Å². The fourth-order valence-corrected chi connectivity index (χ4v) is 3.97. The van der Waals surface area contributed by atoms with Crippen LogP contribution < -0.4 is 9.64 Å². The highest BCUT2D eigenvalue weighted by atomic mass is 32.2. The molecule has 2 aromatic rings. The van der Waals surface area contributed by atoms with Crippen LogP contribution in [0.15, 0.2) is 41.6 Å². The fraction of sp³-hybridized carbons (Fsp3) is 0.500. The molecule has 2 heterocycles. The summed E-state index contributed by atoms with van der Waals surface area (Å²) < 4.78 is 34.9. The molecule has 32 heavy (non-hydrogen) atoms. The SMILES string of the molecule is CCS(=O)(=O)c1ccc(COc2cnc(N3CCN(C(=O)OC(C)(C)C)CC3)nc2)cc1. The van der Waals surface area contributed by atoms with Crippen LogP contribution in [0.3, 0.4) is 0 Å². The van der Waals surface area contributed by atoms with Crippen LogP contribution >= 0.6 is 0 Å². The monoisotopic (exact) mass is 462 g/mol. The third kappa shape index (κ3) is 6.32. The van der Waals surface area contributed by atoms with E-state index in [1.54, 1.807) is 48.5 Å². The van der Waals surface area contributed by atoms with E-state index in [9.17, 15) is 13.2 Å². The van der Waals surface area contributed by atoms with Gasteiger partial charge in [0.25, 0.3) is 0 Å². The fourth-order valence-electron chi connectivity index (χ4n) is 3.09. The molecule has 1 aliphatic heterocycles. The van der Waals surface area contributed by atoms with Crippen molar-refractivity contribution in [3.63, 3.8) is 0 Å². The summed E-state index contributed by atoms with van der Waals surface area (Å²) in [6.07, 6.45) is 2.92. The number of benzene rings is 1. The van der Waals surface area contributed by atoms with Crippen LogP contribution in [0.5, 0.6) is 5.75 Å². The molecule has 0 atom stereocenters. The number of piperazine rings is 1. The quantitative estimate of drug-likeness (QED) is 0.646. The number of amides is 1. The van der Waals surface area contributed by atoms with Crippen LogP contribution in [-0.2, 0) is 21.2 Å². The Labute approximate surface area is 189 Å². The number of rotatable bonds is 6. The first-order valence-electron chi connectivity index (χ1n) is 10.6. The Kier molecular flexibility index (Phi) is 7.22. The van der Waals surface area contributed by atoms with Crippen molar-refractivity contribution in [2.75, 3.05) is 36.8 Å². The van der Waals surface area contributed by atoms with E-state index in [2.05, 4.69) is 9.97 Å². The smallest absolute Gasteiger partial charge is 0.410 e. The summed E-state index contributed by atoms with van der Waals surface area (Å²) in [5, 5.41) is 0. The lowest BCUT2D eigenvalue weighted by Gasteiger charge is -2.35. The van der Waals surface area contributed by atoms with Crippen LogP contribution in [0.2, 0.25) is 0 Å². The highest BCUT2D eigenvalue weighted by Crippen LogP contribution is 2.18. The van der Waals surface area contributed by atoms with Crippen molar-refractivity contribution >= 4 is 21.9 Å². The van der Waals surface area contributed by atoms with Gasteiger partial charge in [-0.25, -0.2) is 23.2 Å². The average molecular weight is 463 g/mol. The molecule has 0 radical (unpaired) electrons. The zero-order chi connectivity index (χ0) is 23.4. The van der Waals surface area contributed by atoms with Crippen molar-refractivity contribution in [3.8, 4) is 5.75 Å². The van der Waals surface area contributed by atoms with E-state index in [0.29, 0.717) is 42.8 Å². The second-order valence-electron chi connectivity index (χ2n) is 8.51. The van der Waals surface area contributed by atoms with Crippen molar-refractivity contribution in [2.45, 2.75) is 44.8 Å². The first-order chi connectivity index (χ1) is 15.1. The summed E-state index contributed by atoms with van der Waals surface area (Å²) in [6, 6.07) is 6.66. The number of carbonyl (C=O) groups is 1. The maximum Gasteiger partial charge on any atom is 0.410 e. The number of carbonyl (C=O) groups excluding carboxylic acids is 1. The van der Waals surface area contributed by atoms with Gasteiger partial charge in [-0.05, 0) is 38.5 Å². The third-order valence-corrected chi connectivity index (χ3v) is 6.65. The maximum atomic E-state index is 12.2. The Morgan fingerprint density at radius 3 is 2.16 bits per heavy atom. The number of anilines is 1. The number of aromatic nitrogens is 2. The molecule has 0 aliphatic carbocycles. The van der Waals surface area contributed by atoms with Gasteiger partial charge in [-0.3, -0.25) is 0 Å². The van der Waals surface area contributed by atoms with Crippen LogP contribution in [0.1, 0.15) is 33.3 Å². The number of sulfone groups is 1. The molecular formula is C22H30N4O5S. The van der Waals surface area contributed by atoms with Crippen molar-refractivity contribution in [2.24, 2.45) is 0 Å². The Bertz CT molecular complexity index is 1010. The van der Waals surface area contributed by atoms with E-state index in [-0.39, 0.29) is 18.5 Å². The second kappa shape index (κ2) is 9.72. The number of hydrogen-bond acceptors (Lipinski definition) is 8. The van der Waals surface area contributed by atoms with Crippen molar-refractivity contribution in [3.05, 3.63) is 42.2 Å². The van der Waals surface area contributed by atoms with Crippen LogP contribution in [-0.4, -0.2) is 66.9 Å². The van der Waals surface area contributed by atoms with E-state index in [4.69, 9.17) is 9.47 Å². The molecule has 0 N–H and O–H groups in total. The summed E-state index contributed by atoms with van der Waals surface area (Å²) in [5.41, 5.74) is 0.338. The summed E-state index contributed by atoms with van der Waals surface area (Å²) >= 11 is 0. The Hall–Kier alpha value is -2.88. The molecule has 1 saturated heterocycles. The standard InChI is InChI=1S/C22H30N4O5S/c1-5-32(28,29)19-8-6-17(7-9-19)16-30-18-14-23-20(24-15-18)25-10-12-26(13-11-25)21(27)31-22(2,3)4/h6-9,14-15H,5,10-13,16H2,1-4H3. The molecule has 9 nitrogen and oxygen atoms in total. The van der Waals surface area contributed by atoms with Crippen molar-refractivity contribution < 1.29 is 22.7 Å². The topological polar surface area (TPSA) is 102 Å². The van der Waals surface area contributed by atoms with Gasteiger partial charge in [0.1, 0.15) is 12.2 Å². The number of hydrogen-bond donors (Lipinski definition) is 0. The summed E-state index contributed by atoms with van der Waals surface area (Å²) in [5.74, 6) is 1.17. The van der Waals surface area contributed by atoms with E-state index >= 15 is 0 Å². The molecule has 1 aromatic heterocycles. The van der Waals surface area contributed by atoms with Gasteiger partial charge in [-0.1, -0.05) is 19.1 Å². The molecule has 1 fully saturated rings. The highest BCUT2D eigenvalue weighted by molar-refractivity contribution is 7.91. The highest BCUT2D eigenvalue weighted by Gasteiger charge is 2.26. The van der Waals surface area contributed by atoms with Crippen LogP contribution in [0.25, 0.3) is 0 Å². The first-order valence-corrected chi connectivity index (χ1v) is 12.2. The van der Waals surface area contributed by atoms with Crippen LogP contribution in [0, 0.1) is 0 Å². The van der Waals surface area contributed by atoms with Gasteiger partial charge in [0, 0.05) is 26.2 Å². The molecule has 1 aromatic carbocycles. The minimum Gasteiger partial charge on any atom is -0.486 e. The van der Waals surface area contributed by atoms with Crippen molar-refractivity contribution in [1.82, 2.24) is 14.9 Å². The van der Waals surface area contributed by atoms with Gasteiger partial charge in [0.2, 0.25) is 5.95 Å². The van der Waals surface area contributed by atoms with Gasteiger partial charge in [0.05, 0.1) is 23.0 Å². The molecule has 3 rings (SSSR count). The summed E-state index contributed by atoms with van der Waals surface area (Å²) in [6.45, 7) is 9.78. The van der Waals surface area contributed by atoms with E-state index < -0.39 is 15.4 Å². The Morgan fingerprint density at radius 2 is 1.62 bits per heavy atom. The minimum absolute atomic E-state index is 0.0720. The van der Waals surface area contributed by atoms with Gasteiger partial charge < -0.3 is 19.3 Å². The molecular weight excluding hydrogens is 432 g/mol. The number of nitrogens with zero attached hydrogens (tertiary/aromatic N) is 4. The molecule has 0 spiro atoms. The van der Waals surface area contributed by atoms with Crippen LogP contribution in [0.4, 0.5) is 10.7 Å². The lowest BCUT2D eigenvalue weighted by molar-refractivity contribution is 0.0240. The third-order valence-electron chi connectivity index (χ3n) is 4.90. The molecule has 1 aliphatic rings. The largest absolute Gasteiger partial charge is 0.486 e. The van der Waals surface area contributed by atoms with Gasteiger partial charge in [-0.15, -0.1) is 0 Å². The maximum absolute atomic E-state index is 12.2. The lowest BCUT2D eigenvalue weighted by atomic mass is 10.2. The molecule has 1 amide bonds. The molecule has 0 bridgehead atoms. The summed E-state index contributed by atoms with van der Waals surface area (Å²) in [7, 11) is -3.21. The summed E-state index contributed by atoms with van der Waals surface area (Å²) in [4.78, 5) is 24.9. The van der Waals surface area contributed by atoms with Gasteiger partial charge >= 0.3 is 6.09 Å². The predicted molar refractivity (Wildman–Crippen MR) is 121 cm³/mol. The lowest BCUT2D eigenvalue weighted by Crippen LogP contribution is -2.50. The zero-order valence-corrected chi connectivity index (χ0v) is 19.8. The molecule has 0 saturated carbocycles. The first kappa shape index (κ1) is 23.8. The van der Waals surface area contributed by atoms with Crippen molar-refractivity contribution in [1.29, 1.82) is 0 Å². The minimum atomic E-state index is -3.21. The zero-order valence-electron chi connectivity index (χ0n) is 18.9. The second-order valence-corrected chi connectivity index (χ2v) is 10.8. The average Bonchev–Trinajstić information content (AvgIpc) is 2.77. The number of ether oxygens (including phenoxy) is 2. The predicted octanol–water partition coefficient (Wildman–Crippen LogP) is 2.91. The normalized spacial score (nSPS) is 14.9. The van der Waals surface area contributed by atoms with E-state index in [0.717, 1.165) is 5.56 Å².